The maximum atomic E-state index is 14.6. The van der Waals surface area contributed by atoms with E-state index in [-0.39, 0.29) is 22.9 Å². The summed E-state index contributed by atoms with van der Waals surface area (Å²) >= 11 is 0. The topological polar surface area (TPSA) is 86.5 Å². The second-order valence-electron chi connectivity index (χ2n) is 6.52. The molecule has 0 spiro atoms. The highest BCUT2D eigenvalue weighted by Gasteiger charge is 2.15. The lowest BCUT2D eigenvalue weighted by atomic mass is 10.1. The Bertz CT molecular complexity index is 1290. The molecule has 32 heavy (non-hydrogen) atoms. The lowest BCUT2D eigenvalue weighted by molar-refractivity contribution is 0.513. The van der Waals surface area contributed by atoms with E-state index in [4.69, 9.17) is 5.26 Å². The molecule has 0 amide bonds. The Morgan fingerprint density at radius 2 is 1.38 bits per heavy atom. The van der Waals surface area contributed by atoms with Gasteiger partial charge in [-0.2, -0.15) is 24.0 Å². The Morgan fingerprint density at radius 1 is 0.750 bits per heavy atom. The van der Waals surface area contributed by atoms with Gasteiger partial charge in [-0.15, -0.1) is 0 Å². The van der Waals surface area contributed by atoms with Crippen LogP contribution in [0.4, 0.5) is 40.7 Å². The Kier molecular flexibility index (Phi) is 5.63. The van der Waals surface area contributed by atoms with Crippen LogP contribution in [-0.4, -0.2) is 15.0 Å². The van der Waals surface area contributed by atoms with Crippen molar-refractivity contribution in [3.63, 3.8) is 0 Å². The second-order valence-corrected chi connectivity index (χ2v) is 6.52. The van der Waals surface area contributed by atoms with Gasteiger partial charge in [-0.25, -0.2) is 13.8 Å². The van der Waals surface area contributed by atoms with Crippen molar-refractivity contribution in [2.45, 2.75) is 0 Å². The van der Waals surface area contributed by atoms with E-state index in [1.165, 1.54) is 12.3 Å². The zero-order chi connectivity index (χ0) is 22.7. The fourth-order valence-electron chi connectivity index (χ4n) is 2.86. The summed E-state index contributed by atoms with van der Waals surface area (Å²) in [5, 5.41) is 14.3. The molecule has 2 N–H and O–H groups in total. The summed E-state index contributed by atoms with van der Waals surface area (Å²) in [5.74, 6) is -3.93. The third kappa shape index (κ3) is 4.62. The van der Waals surface area contributed by atoms with Crippen molar-refractivity contribution in [2.75, 3.05) is 10.6 Å². The fraction of sp³-hybridized carbons (Fsp3) is 0. The Balaban J connectivity index is 1.57. The number of halogens is 4. The number of aromatic nitrogens is 3. The van der Waals surface area contributed by atoms with E-state index in [0.29, 0.717) is 11.3 Å². The SMILES string of the molecule is N#Cc1ccc(Nc2nccc(Nc3c(F)cc(-c4cc(F)nc(F)c4)cc3F)n2)cc1. The van der Waals surface area contributed by atoms with Crippen LogP contribution in [0.25, 0.3) is 11.1 Å². The van der Waals surface area contributed by atoms with Crippen molar-refractivity contribution in [2.24, 2.45) is 0 Å². The summed E-state index contributed by atoms with van der Waals surface area (Å²) in [7, 11) is 0. The van der Waals surface area contributed by atoms with Gasteiger partial charge in [-0.3, -0.25) is 0 Å². The first-order valence-corrected chi connectivity index (χ1v) is 9.11. The van der Waals surface area contributed by atoms with E-state index in [1.54, 1.807) is 24.3 Å². The van der Waals surface area contributed by atoms with E-state index >= 15 is 0 Å². The van der Waals surface area contributed by atoms with Crippen molar-refractivity contribution < 1.29 is 17.6 Å². The highest BCUT2D eigenvalue weighted by molar-refractivity contribution is 5.69. The molecule has 158 valence electrons. The van der Waals surface area contributed by atoms with Gasteiger partial charge in [-0.05, 0) is 53.6 Å². The monoisotopic (exact) mass is 436 g/mol. The van der Waals surface area contributed by atoms with Gasteiger partial charge in [0.25, 0.3) is 0 Å². The summed E-state index contributed by atoms with van der Waals surface area (Å²) in [6.07, 6.45) is 1.38. The first kappa shape index (κ1) is 20.7. The van der Waals surface area contributed by atoms with Crippen LogP contribution in [-0.2, 0) is 0 Å². The predicted octanol–water partition coefficient (Wildman–Crippen LogP) is 5.45. The average Bonchev–Trinajstić information content (AvgIpc) is 2.76. The van der Waals surface area contributed by atoms with Crippen LogP contribution in [0.5, 0.6) is 0 Å². The lowest BCUT2D eigenvalue weighted by Gasteiger charge is -2.12. The van der Waals surface area contributed by atoms with Gasteiger partial charge < -0.3 is 10.6 Å². The number of benzene rings is 2. The van der Waals surface area contributed by atoms with Crippen molar-refractivity contribution >= 4 is 23.1 Å². The summed E-state index contributed by atoms with van der Waals surface area (Å²) in [4.78, 5) is 11.2. The minimum atomic E-state index is -1.11. The standard InChI is InChI=1S/C22H12F4N6/c23-16-7-13(14-9-18(25)30-19(26)10-14)8-17(24)21(16)31-20-5-6-28-22(32-20)29-15-3-1-12(11-27)2-4-15/h1-10H,(H2,28,29,31,32). The molecule has 0 fully saturated rings. The molecule has 0 saturated heterocycles. The fourth-order valence-corrected chi connectivity index (χ4v) is 2.86. The molecule has 6 nitrogen and oxygen atoms in total. The van der Waals surface area contributed by atoms with Crippen LogP contribution in [0, 0.1) is 34.9 Å². The molecule has 0 radical (unpaired) electrons. The highest BCUT2D eigenvalue weighted by Crippen LogP contribution is 2.30. The van der Waals surface area contributed by atoms with Crippen molar-refractivity contribution in [1.82, 2.24) is 15.0 Å². The van der Waals surface area contributed by atoms with Crippen molar-refractivity contribution in [3.05, 3.63) is 89.9 Å². The summed E-state index contributed by atoms with van der Waals surface area (Å²) < 4.78 is 55.9. The first-order valence-electron chi connectivity index (χ1n) is 9.11. The summed E-state index contributed by atoms with van der Waals surface area (Å²) in [6.45, 7) is 0. The molecule has 4 aromatic rings. The molecular formula is C22H12F4N6. The van der Waals surface area contributed by atoms with Gasteiger partial charge in [-0.1, -0.05) is 0 Å². The van der Waals surface area contributed by atoms with Gasteiger partial charge in [0.2, 0.25) is 17.8 Å². The smallest absolute Gasteiger partial charge is 0.229 e. The van der Waals surface area contributed by atoms with E-state index in [9.17, 15) is 17.6 Å². The van der Waals surface area contributed by atoms with Gasteiger partial charge in [0.05, 0.1) is 11.6 Å². The number of pyridine rings is 1. The molecule has 0 bridgehead atoms. The number of hydrogen-bond acceptors (Lipinski definition) is 6. The predicted molar refractivity (Wildman–Crippen MR) is 109 cm³/mol. The van der Waals surface area contributed by atoms with Crippen LogP contribution in [0.3, 0.4) is 0 Å². The van der Waals surface area contributed by atoms with E-state index in [0.717, 1.165) is 24.3 Å². The summed E-state index contributed by atoms with van der Waals surface area (Å²) in [5.41, 5.74) is 0.483. The van der Waals surface area contributed by atoms with E-state index in [2.05, 4.69) is 25.6 Å². The van der Waals surface area contributed by atoms with Gasteiger partial charge in [0.1, 0.15) is 23.1 Å². The quantitative estimate of drug-likeness (QED) is 0.319. The Labute approximate surface area is 179 Å². The number of rotatable bonds is 5. The van der Waals surface area contributed by atoms with Crippen molar-refractivity contribution in [3.8, 4) is 17.2 Å². The number of hydrogen-bond donors (Lipinski definition) is 2. The largest absolute Gasteiger partial charge is 0.335 e. The maximum absolute atomic E-state index is 14.6. The van der Waals surface area contributed by atoms with E-state index < -0.39 is 29.2 Å². The molecule has 0 atom stereocenters. The molecular weight excluding hydrogens is 424 g/mol. The molecule has 0 aliphatic rings. The number of anilines is 4. The average molecular weight is 436 g/mol. The minimum absolute atomic E-state index is 0.0587. The molecule has 0 saturated carbocycles. The molecule has 0 aliphatic carbocycles. The minimum Gasteiger partial charge on any atom is -0.335 e. The second kappa shape index (κ2) is 8.69. The maximum Gasteiger partial charge on any atom is 0.229 e. The molecule has 10 heteroatoms. The molecule has 4 rings (SSSR count). The molecule has 2 aromatic carbocycles. The number of nitrogens with zero attached hydrogens (tertiary/aromatic N) is 4. The van der Waals surface area contributed by atoms with Crippen LogP contribution in [0.15, 0.2) is 60.8 Å². The van der Waals surface area contributed by atoms with Crippen LogP contribution in [0.1, 0.15) is 5.56 Å². The van der Waals surface area contributed by atoms with E-state index in [1.807, 2.05) is 6.07 Å². The third-order valence-corrected chi connectivity index (χ3v) is 4.32. The van der Waals surface area contributed by atoms with Crippen molar-refractivity contribution in [1.29, 1.82) is 5.26 Å². The summed E-state index contributed by atoms with van der Waals surface area (Å²) in [6, 6.07) is 13.6. The Morgan fingerprint density at radius 3 is 2.00 bits per heavy atom. The van der Waals surface area contributed by atoms with Crippen LogP contribution in [0.2, 0.25) is 0 Å². The molecule has 2 heterocycles. The van der Waals surface area contributed by atoms with Gasteiger partial charge in [0, 0.05) is 24.0 Å². The zero-order valence-electron chi connectivity index (χ0n) is 16.1. The highest BCUT2D eigenvalue weighted by atomic mass is 19.1. The molecule has 0 unspecified atom stereocenters. The lowest BCUT2D eigenvalue weighted by Crippen LogP contribution is -2.03. The Hall–Kier alpha value is -4.52. The van der Waals surface area contributed by atoms with Crippen LogP contribution >= 0.6 is 0 Å². The molecule has 2 aromatic heterocycles. The van der Waals surface area contributed by atoms with Gasteiger partial charge in [0.15, 0.2) is 0 Å². The third-order valence-electron chi connectivity index (χ3n) is 4.32. The first-order chi connectivity index (χ1) is 15.4. The molecule has 0 aliphatic heterocycles. The normalized spacial score (nSPS) is 10.5. The number of nitrogens with one attached hydrogen (secondary N) is 2. The zero-order valence-corrected chi connectivity index (χ0v) is 16.1. The van der Waals surface area contributed by atoms with Crippen LogP contribution < -0.4 is 10.6 Å². The van der Waals surface area contributed by atoms with Gasteiger partial charge >= 0.3 is 0 Å². The number of nitriles is 1.